The minimum absolute atomic E-state index is 0.162. The topological polar surface area (TPSA) is 74.6 Å². The van der Waals surface area contributed by atoms with E-state index in [1.54, 1.807) is 6.92 Å². The molecule has 0 radical (unpaired) electrons. The Labute approximate surface area is 97.3 Å². The van der Waals surface area contributed by atoms with Crippen LogP contribution in [0.3, 0.4) is 0 Å². The molecule has 0 aliphatic heterocycles. The Kier molecular flexibility index (Phi) is 19.8. The molecule has 0 aliphatic rings. The molecule has 0 spiro atoms. The Hall–Kier alpha value is -1.58. The summed E-state index contributed by atoms with van der Waals surface area (Å²) in [6.45, 7) is 12.8. The van der Waals surface area contributed by atoms with Crippen LogP contribution in [-0.4, -0.2) is 22.2 Å². The van der Waals surface area contributed by atoms with E-state index < -0.39 is 11.9 Å². The van der Waals surface area contributed by atoms with Gasteiger partial charge in [-0.3, -0.25) is 4.79 Å². The molecule has 4 nitrogen and oxygen atoms in total. The van der Waals surface area contributed by atoms with E-state index in [-0.39, 0.29) is 5.92 Å². The third-order valence-electron chi connectivity index (χ3n) is 1.59. The normalized spacial score (nSPS) is 9.62. The van der Waals surface area contributed by atoms with E-state index in [0.29, 0.717) is 0 Å². The first-order chi connectivity index (χ1) is 7.45. The van der Waals surface area contributed by atoms with E-state index in [0.717, 1.165) is 25.3 Å². The van der Waals surface area contributed by atoms with Crippen molar-refractivity contribution >= 4 is 11.9 Å². The largest absolute Gasteiger partial charge is 0.481 e. The monoisotopic (exact) mass is 230 g/mol. The fourth-order valence-corrected chi connectivity index (χ4v) is 0.634. The van der Waals surface area contributed by atoms with Crippen LogP contribution in [0.4, 0.5) is 0 Å². The SMILES string of the molecule is C=C.C=CC(=O)O.CCCCC(C)C(=O)O. The molecule has 0 bridgehead atoms. The number of aliphatic carboxylic acids is 2. The van der Waals surface area contributed by atoms with Crippen molar-refractivity contribution in [3.8, 4) is 0 Å². The Balaban J connectivity index is -0.000000205. The second kappa shape index (κ2) is 15.9. The molecule has 94 valence electrons. The Morgan fingerprint density at radius 3 is 1.88 bits per heavy atom. The first kappa shape index (κ1) is 19.9. The number of carboxylic acids is 2. The molecule has 0 rings (SSSR count). The summed E-state index contributed by atoms with van der Waals surface area (Å²) in [6.07, 6.45) is 3.75. The highest BCUT2D eigenvalue weighted by molar-refractivity contribution is 5.78. The van der Waals surface area contributed by atoms with Crippen LogP contribution in [0, 0.1) is 5.92 Å². The van der Waals surface area contributed by atoms with Crippen LogP contribution < -0.4 is 0 Å². The zero-order valence-electron chi connectivity index (χ0n) is 10.1. The lowest BCUT2D eigenvalue weighted by molar-refractivity contribution is -0.141. The van der Waals surface area contributed by atoms with Gasteiger partial charge in [0.05, 0.1) is 5.92 Å². The maximum absolute atomic E-state index is 10.2. The van der Waals surface area contributed by atoms with Gasteiger partial charge < -0.3 is 10.2 Å². The summed E-state index contributed by atoms with van der Waals surface area (Å²) in [5.74, 6) is -1.82. The van der Waals surface area contributed by atoms with Gasteiger partial charge in [0.15, 0.2) is 0 Å². The van der Waals surface area contributed by atoms with Crippen LogP contribution in [0.25, 0.3) is 0 Å². The average molecular weight is 230 g/mol. The lowest BCUT2D eigenvalue weighted by atomic mass is 10.1. The maximum Gasteiger partial charge on any atom is 0.327 e. The van der Waals surface area contributed by atoms with Crippen LogP contribution in [0.15, 0.2) is 25.8 Å². The molecule has 16 heavy (non-hydrogen) atoms. The number of unbranched alkanes of at least 4 members (excludes halogenated alkanes) is 1. The fourth-order valence-electron chi connectivity index (χ4n) is 0.634. The zero-order chi connectivity index (χ0) is 13.6. The van der Waals surface area contributed by atoms with Crippen molar-refractivity contribution < 1.29 is 19.8 Å². The highest BCUT2D eigenvalue weighted by Gasteiger charge is 2.08. The van der Waals surface area contributed by atoms with E-state index in [9.17, 15) is 9.59 Å². The third-order valence-corrected chi connectivity index (χ3v) is 1.59. The van der Waals surface area contributed by atoms with Crippen LogP contribution in [0.5, 0.6) is 0 Å². The number of rotatable bonds is 5. The zero-order valence-corrected chi connectivity index (χ0v) is 10.1. The van der Waals surface area contributed by atoms with Crippen molar-refractivity contribution in [2.24, 2.45) is 5.92 Å². The number of hydrogen-bond donors (Lipinski definition) is 2. The molecule has 0 aromatic carbocycles. The number of carboxylic acid groups (broad SMARTS) is 2. The Morgan fingerprint density at radius 2 is 1.69 bits per heavy atom. The van der Waals surface area contributed by atoms with Gasteiger partial charge in [-0.05, 0) is 6.42 Å². The maximum atomic E-state index is 10.2. The molecule has 0 aliphatic carbocycles. The molecule has 0 amide bonds. The van der Waals surface area contributed by atoms with E-state index >= 15 is 0 Å². The van der Waals surface area contributed by atoms with Crippen LogP contribution in [0.1, 0.15) is 33.1 Å². The molecular weight excluding hydrogens is 208 g/mol. The molecular formula is C12H22O4. The van der Waals surface area contributed by atoms with Crippen molar-refractivity contribution in [3.63, 3.8) is 0 Å². The molecule has 0 fully saturated rings. The highest BCUT2D eigenvalue weighted by atomic mass is 16.4. The molecule has 0 saturated carbocycles. The van der Waals surface area contributed by atoms with E-state index in [4.69, 9.17) is 10.2 Å². The highest BCUT2D eigenvalue weighted by Crippen LogP contribution is 2.06. The molecule has 1 unspecified atom stereocenters. The lowest BCUT2D eigenvalue weighted by Crippen LogP contribution is -2.08. The molecule has 2 N–H and O–H groups in total. The number of hydrogen-bond acceptors (Lipinski definition) is 2. The third kappa shape index (κ3) is 22.8. The first-order valence-corrected chi connectivity index (χ1v) is 5.03. The second-order valence-corrected chi connectivity index (χ2v) is 2.92. The quantitative estimate of drug-likeness (QED) is 0.562. The standard InChI is InChI=1S/C7H14O2.C3H4O2.C2H4/c1-3-4-5-6(2)7(8)9;1-2-3(4)5;1-2/h6H,3-5H2,1-2H3,(H,8,9);2H,1H2,(H,4,5);1-2H2. The molecule has 0 heterocycles. The van der Waals surface area contributed by atoms with Gasteiger partial charge in [0.25, 0.3) is 0 Å². The minimum atomic E-state index is -0.981. The lowest BCUT2D eigenvalue weighted by Gasteiger charge is -2.02. The van der Waals surface area contributed by atoms with Crippen LogP contribution in [0.2, 0.25) is 0 Å². The van der Waals surface area contributed by atoms with Gasteiger partial charge in [-0.25, -0.2) is 4.79 Å². The van der Waals surface area contributed by atoms with Crippen molar-refractivity contribution in [2.45, 2.75) is 33.1 Å². The number of carbonyl (C=O) groups is 2. The van der Waals surface area contributed by atoms with Gasteiger partial charge >= 0.3 is 11.9 Å². The van der Waals surface area contributed by atoms with Gasteiger partial charge in [0.2, 0.25) is 0 Å². The van der Waals surface area contributed by atoms with Gasteiger partial charge in [0.1, 0.15) is 0 Å². The summed E-state index contributed by atoms with van der Waals surface area (Å²) in [6, 6.07) is 0. The van der Waals surface area contributed by atoms with E-state index in [2.05, 4.69) is 26.7 Å². The smallest absolute Gasteiger partial charge is 0.327 e. The van der Waals surface area contributed by atoms with Gasteiger partial charge in [0, 0.05) is 6.08 Å². The first-order valence-electron chi connectivity index (χ1n) is 5.03. The van der Waals surface area contributed by atoms with Crippen molar-refractivity contribution in [1.82, 2.24) is 0 Å². The summed E-state index contributed by atoms with van der Waals surface area (Å²) in [4.78, 5) is 19.5. The van der Waals surface area contributed by atoms with Crippen molar-refractivity contribution in [2.75, 3.05) is 0 Å². The summed E-state index contributed by atoms with van der Waals surface area (Å²) < 4.78 is 0. The molecule has 4 heteroatoms. The van der Waals surface area contributed by atoms with E-state index in [1.165, 1.54) is 0 Å². The van der Waals surface area contributed by atoms with Gasteiger partial charge in [-0.1, -0.05) is 33.3 Å². The summed E-state index contributed by atoms with van der Waals surface area (Å²) in [5.41, 5.74) is 0. The summed E-state index contributed by atoms with van der Waals surface area (Å²) in [5, 5.41) is 16.0. The average Bonchev–Trinajstić information content (AvgIpc) is 2.29. The van der Waals surface area contributed by atoms with Crippen LogP contribution >= 0.6 is 0 Å². The fraction of sp³-hybridized carbons (Fsp3) is 0.500. The van der Waals surface area contributed by atoms with E-state index in [1.807, 2.05) is 0 Å². The van der Waals surface area contributed by atoms with Gasteiger partial charge in [-0.15, -0.1) is 13.2 Å². The second-order valence-electron chi connectivity index (χ2n) is 2.92. The van der Waals surface area contributed by atoms with Crippen LogP contribution in [-0.2, 0) is 9.59 Å². The Morgan fingerprint density at radius 1 is 1.31 bits per heavy atom. The predicted octanol–water partition coefficient (Wildman–Crippen LogP) is 2.96. The molecule has 0 aromatic heterocycles. The molecule has 0 saturated heterocycles. The molecule has 0 aromatic rings. The predicted molar refractivity (Wildman–Crippen MR) is 65.4 cm³/mol. The summed E-state index contributed by atoms with van der Waals surface area (Å²) >= 11 is 0. The molecule has 1 atom stereocenters. The summed E-state index contributed by atoms with van der Waals surface area (Å²) in [7, 11) is 0. The van der Waals surface area contributed by atoms with Crippen molar-refractivity contribution in [3.05, 3.63) is 25.8 Å². The van der Waals surface area contributed by atoms with Crippen molar-refractivity contribution in [1.29, 1.82) is 0 Å². The minimum Gasteiger partial charge on any atom is -0.481 e. The Bertz CT molecular complexity index is 199. The van der Waals surface area contributed by atoms with Gasteiger partial charge in [-0.2, -0.15) is 0 Å².